The van der Waals surface area contributed by atoms with Crippen molar-refractivity contribution in [3.8, 4) is 11.4 Å². The van der Waals surface area contributed by atoms with Crippen LogP contribution in [0.15, 0.2) is 59.8 Å². The average molecular weight is 542 g/mol. The molecular formula is C27H26F3N5O4. The molecule has 1 aliphatic rings. The van der Waals surface area contributed by atoms with Crippen LogP contribution in [0.25, 0.3) is 11.3 Å². The Morgan fingerprint density at radius 2 is 1.87 bits per heavy atom. The van der Waals surface area contributed by atoms with Crippen LogP contribution in [-0.2, 0) is 30.5 Å². The number of aromatic nitrogens is 4. The van der Waals surface area contributed by atoms with E-state index in [9.17, 15) is 22.8 Å². The summed E-state index contributed by atoms with van der Waals surface area (Å²) < 4.78 is 52.5. The average Bonchev–Trinajstić information content (AvgIpc) is 3.23. The van der Waals surface area contributed by atoms with Gasteiger partial charge in [-0.05, 0) is 39.0 Å². The monoisotopic (exact) mass is 541 g/mol. The lowest BCUT2D eigenvalue weighted by Gasteiger charge is -2.29. The quantitative estimate of drug-likeness (QED) is 0.370. The van der Waals surface area contributed by atoms with Gasteiger partial charge in [0.2, 0.25) is 0 Å². The third-order valence-electron chi connectivity index (χ3n) is 6.09. The van der Waals surface area contributed by atoms with Gasteiger partial charge in [-0.15, -0.1) is 0 Å². The number of rotatable bonds is 4. The van der Waals surface area contributed by atoms with Gasteiger partial charge in [0.15, 0.2) is 0 Å². The number of carbonyl (C=O) groups excluding carboxylic acids is 1. The minimum Gasteiger partial charge on any atom is -0.489 e. The van der Waals surface area contributed by atoms with Crippen molar-refractivity contribution >= 4 is 11.7 Å². The van der Waals surface area contributed by atoms with Gasteiger partial charge in [-0.25, -0.2) is 9.78 Å². The zero-order valence-electron chi connectivity index (χ0n) is 21.5. The number of amides is 1. The lowest BCUT2D eigenvalue weighted by Crippen LogP contribution is -2.40. The summed E-state index contributed by atoms with van der Waals surface area (Å²) in [6, 6.07) is 8.62. The highest BCUT2D eigenvalue weighted by molar-refractivity contribution is 5.68. The molecule has 4 aromatic heterocycles. The van der Waals surface area contributed by atoms with Crippen molar-refractivity contribution in [3.05, 3.63) is 88.0 Å². The molecule has 4 aromatic rings. The third-order valence-corrected chi connectivity index (χ3v) is 6.09. The SMILES string of the molecule is CC(C)(C)OC(=O)N1CCc2nc3cc(-n4ccc(OCc5ccc(C(F)(F)F)nc5)cc4=O)ccn3c2C1. The van der Waals surface area contributed by atoms with Gasteiger partial charge in [-0.1, -0.05) is 6.07 Å². The van der Waals surface area contributed by atoms with Crippen molar-refractivity contribution in [3.63, 3.8) is 0 Å². The molecule has 0 bridgehead atoms. The first-order valence-electron chi connectivity index (χ1n) is 12.2. The Bertz CT molecular complexity index is 1590. The molecule has 9 nitrogen and oxygen atoms in total. The van der Waals surface area contributed by atoms with Gasteiger partial charge in [-0.3, -0.25) is 14.3 Å². The Balaban J connectivity index is 1.30. The van der Waals surface area contributed by atoms with Crippen LogP contribution in [-0.4, -0.2) is 42.1 Å². The first-order chi connectivity index (χ1) is 18.4. The summed E-state index contributed by atoms with van der Waals surface area (Å²) >= 11 is 0. The van der Waals surface area contributed by atoms with Crippen molar-refractivity contribution in [2.75, 3.05) is 6.54 Å². The summed E-state index contributed by atoms with van der Waals surface area (Å²) in [6.07, 6.45) is 0.166. The zero-order chi connectivity index (χ0) is 27.9. The number of nitrogens with zero attached hydrogens (tertiary/aromatic N) is 5. The number of carbonyl (C=O) groups is 1. The maximum Gasteiger partial charge on any atom is 0.433 e. The van der Waals surface area contributed by atoms with E-state index >= 15 is 0 Å². The van der Waals surface area contributed by atoms with Gasteiger partial charge >= 0.3 is 12.3 Å². The molecule has 1 aliphatic heterocycles. The summed E-state index contributed by atoms with van der Waals surface area (Å²) in [6.45, 7) is 6.31. The van der Waals surface area contributed by atoms with E-state index in [2.05, 4.69) is 4.98 Å². The molecule has 39 heavy (non-hydrogen) atoms. The molecule has 0 fully saturated rings. The fraction of sp³-hybridized carbons (Fsp3) is 0.333. The molecule has 0 unspecified atom stereocenters. The van der Waals surface area contributed by atoms with Crippen LogP contribution in [0.4, 0.5) is 18.0 Å². The highest BCUT2D eigenvalue weighted by Crippen LogP contribution is 2.27. The Morgan fingerprint density at radius 3 is 2.54 bits per heavy atom. The van der Waals surface area contributed by atoms with Gasteiger partial charge < -0.3 is 18.8 Å². The number of imidazole rings is 1. The van der Waals surface area contributed by atoms with Crippen molar-refractivity contribution < 1.29 is 27.4 Å². The van der Waals surface area contributed by atoms with Crippen molar-refractivity contribution in [2.45, 2.75) is 52.1 Å². The van der Waals surface area contributed by atoms with Gasteiger partial charge in [0.05, 0.1) is 23.6 Å². The predicted octanol–water partition coefficient (Wildman–Crippen LogP) is 4.77. The molecule has 12 heteroatoms. The van der Waals surface area contributed by atoms with Crippen LogP contribution in [0.3, 0.4) is 0 Å². The van der Waals surface area contributed by atoms with Gasteiger partial charge in [-0.2, -0.15) is 13.2 Å². The number of hydrogen-bond acceptors (Lipinski definition) is 6. The van der Waals surface area contributed by atoms with E-state index in [-0.39, 0.29) is 24.0 Å². The topological polar surface area (TPSA) is 91.0 Å². The van der Waals surface area contributed by atoms with Crippen LogP contribution in [0.1, 0.15) is 43.4 Å². The van der Waals surface area contributed by atoms with E-state index in [1.807, 2.05) is 31.4 Å². The minimum absolute atomic E-state index is 0.0412. The van der Waals surface area contributed by atoms with Crippen molar-refractivity contribution in [2.24, 2.45) is 0 Å². The number of hydrogen-bond donors (Lipinski definition) is 0. The van der Waals surface area contributed by atoms with E-state index in [4.69, 9.17) is 14.5 Å². The molecule has 0 radical (unpaired) electrons. The summed E-state index contributed by atoms with van der Waals surface area (Å²) in [5.41, 5.74) is 1.54. The molecule has 0 aromatic carbocycles. The maximum absolute atomic E-state index is 12.8. The number of halogens is 3. The first kappa shape index (κ1) is 26.3. The zero-order valence-corrected chi connectivity index (χ0v) is 21.5. The molecule has 0 saturated carbocycles. The Hall–Kier alpha value is -4.35. The van der Waals surface area contributed by atoms with E-state index in [1.165, 1.54) is 16.7 Å². The smallest absolute Gasteiger partial charge is 0.433 e. The summed E-state index contributed by atoms with van der Waals surface area (Å²) in [5, 5.41) is 0. The molecule has 5 heterocycles. The molecule has 1 amide bonds. The second kappa shape index (κ2) is 9.75. The normalized spacial score (nSPS) is 13.8. The van der Waals surface area contributed by atoms with Crippen molar-refractivity contribution in [1.82, 2.24) is 23.8 Å². The molecule has 0 atom stereocenters. The van der Waals surface area contributed by atoms with Gasteiger partial charge in [0, 0.05) is 49.3 Å². The molecule has 204 valence electrons. The predicted molar refractivity (Wildman–Crippen MR) is 135 cm³/mol. The van der Waals surface area contributed by atoms with E-state index in [0.717, 1.165) is 23.7 Å². The second-order valence-corrected chi connectivity index (χ2v) is 10.2. The molecule has 5 rings (SSSR count). The first-order valence-corrected chi connectivity index (χ1v) is 12.2. The number of pyridine rings is 3. The molecule has 0 N–H and O–H groups in total. The van der Waals surface area contributed by atoms with Crippen LogP contribution in [0.5, 0.6) is 5.75 Å². The highest BCUT2D eigenvalue weighted by atomic mass is 19.4. The molecular weight excluding hydrogens is 515 g/mol. The Kier molecular flexibility index (Phi) is 6.57. The fourth-order valence-electron chi connectivity index (χ4n) is 4.24. The van der Waals surface area contributed by atoms with Crippen LogP contribution in [0.2, 0.25) is 0 Å². The Morgan fingerprint density at radius 1 is 1.08 bits per heavy atom. The van der Waals surface area contributed by atoms with Crippen LogP contribution in [0, 0.1) is 0 Å². The van der Waals surface area contributed by atoms with Crippen LogP contribution >= 0.6 is 0 Å². The Labute approximate surface area is 221 Å². The largest absolute Gasteiger partial charge is 0.489 e. The van der Waals surface area contributed by atoms with E-state index < -0.39 is 17.5 Å². The second-order valence-electron chi connectivity index (χ2n) is 10.2. The summed E-state index contributed by atoms with van der Waals surface area (Å²) in [7, 11) is 0. The molecule has 0 spiro atoms. The number of fused-ring (bicyclic) bond motifs is 3. The van der Waals surface area contributed by atoms with Crippen molar-refractivity contribution in [1.29, 1.82) is 0 Å². The highest BCUT2D eigenvalue weighted by Gasteiger charge is 2.32. The van der Waals surface area contributed by atoms with Gasteiger partial charge in [0.25, 0.3) is 5.56 Å². The lowest BCUT2D eigenvalue weighted by molar-refractivity contribution is -0.141. The van der Waals surface area contributed by atoms with Gasteiger partial charge in [0.1, 0.15) is 29.3 Å². The maximum atomic E-state index is 12.8. The fourth-order valence-corrected chi connectivity index (χ4v) is 4.24. The van der Waals surface area contributed by atoms with E-state index in [1.54, 1.807) is 29.3 Å². The minimum atomic E-state index is -4.51. The number of ether oxygens (including phenoxy) is 2. The third kappa shape index (κ3) is 5.74. The lowest BCUT2D eigenvalue weighted by atomic mass is 10.1. The molecule has 0 aliphatic carbocycles. The summed E-state index contributed by atoms with van der Waals surface area (Å²) in [4.78, 5) is 35.1. The standard InChI is InChI=1S/C27H26F3N5O4/c1-26(2,3)39-25(37)33-9-8-20-21(15-33)35-10-6-18(12-23(35)32-20)34-11-7-19(13-24(34)36)38-16-17-4-5-22(31-14-17)27(28,29)30/h4-7,10-14H,8-9,15-16H2,1-3H3. The van der Waals surface area contributed by atoms with E-state index in [0.29, 0.717) is 36.4 Å². The van der Waals surface area contributed by atoms with Crippen LogP contribution < -0.4 is 10.3 Å². The molecule has 0 saturated heterocycles. The number of alkyl halides is 3. The summed E-state index contributed by atoms with van der Waals surface area (Å²) in [5.74, 6) is 0.274.